The molecule has 0 atom stereocenters. The van der Waals surface area contributed by atoms with Crippen molar-refractivity contribution in [1.29, 1.82) is 0 Å². The smallest absolute Gasteiger partial charge is 0.0641 e. The minimum atomic E-state index is 1.10. The van der Waals surface area contributed by atoms with Gasteiger partial charge in [0.1, 0.15) is 0 Å². The first kappa shape index (κ1) is 8.54. The van der Waals surface area contributed by atoms with Crippen molar-refractivity contribution < 1.29 is 0 Å². The molecule has 13 heavy (non-hydrogen) atoms. The van der Waals surface area contributed by atoms with E-state index < -0.39 is 0 Å². The van der Waals surface area contributed by atoms with Gasteiger partial charge in [-0.2, -0.15) is 0 Å². The lowest BCUT2D eigenvalue weighted by molar-refractivity contribution is 0.790. The van der Waals surface area contributed by atoms with Crippen molar-refractivity contribution in [1.82, 2.24) is 4.98 Å². The highest BCUT2D eigenvalue weighted by molar-refractivity contribution is 5.57. The maximum atomic E-state index is 4.56. The molecular formula is C11H16N2. The van der Waals surface area contributed by atoms with Gasteiger partial charge in [0.25, 0.3) is 0 Å². The predicted molar refractivity (Wildman–Crippen MR) is 55.2 cm³/mol. The van der Waals surface area contributed by atoms with Gasteiger partial charge in [-0.25, -0.2) is 0 Å². The van der Waals surface area contributed by atoms with Gasteiger partial charge in [-0.15, -0.1) is 0 Å². The molecule has 1 aromatic heterocycles. The van der Waals surface area contributed by atoms with E-state index in [0.717, 1.165) is 25.1 Å². The Labute approximate surface area is 79.4 Å². The molecule has 70 valence electrons. The summed E-state index contributed by atoms with van der Waals surface area (Å²) >= 11 is 0. The van der Waals surface area contributed by atoms with Gasteiger partial charge in [-0.1, -0.05) is 6.92 Å². The summed E-state index contributed by atoms with van der Waals surface area (Å²) in [6, 6.07) is 2.19. The maximum Gasteiger partial charge on any atom is 0.0641 e. The van der Waals surface area contributed by atoms with Gasteiger partial charge < -0.3 is 5.32 Å². The minimum absolute atomic E-state index is 1.10. The van der Waals surface area contributed by atoms with Gasteiger partial charge in [0.05, 0.1) is 11.4 Å². The normalized spacial score (nSPS) is 14.9. The molecule has 0 unspecified atom stereocenters. The zero-order chi connectivity index (χ0) is 9.26. The van der Waals surface area contributed by atoms with E-state index in [1.807, 2.05) is 0 Å². The van der Waals surface area contributed by atoms with E-state index in [-0.39, 0.29) is 0 Å². The van der Waals surface area contributed by atoms with Crippen LogP contribution in [-0.4, -0.2) is 11.5 Å². The quantitative estimate of drug-likeness (QED) is 0.710. The number of aromatic nitrogens is 1. The van der Waals surface area contributed by atoms with Crippen LogP contribution in [0.2, 0.25) is 0 Å². The SMILES string of the molecule is CCc1cc(C)nc2c1NCCC2. The van der Waals surface area contributed by atoms with Crippen LogP contribution in [0.3, 0.4) is 0 Å². The van der Waals surface area contributed by atoms with Gasteiger partial charge >= 0.3 is 0 Å². The molecule has 0 aromatic carbocycles. The fourth-order valence-corrected chi connectivity index (χ4v) is 1.96. The lowest BCUT2D eigenvalue weighted by Crippen LogP contribution is -2.15. The number of fused-ring (bicyclic) bond motifs is 1. The summed E-state index contributed by atoms with van der Waals surface area (Å²) in [5.74, 6) is 0. The van der Waals surface area contributed by atoms with Crippen LogP contribution in [0, 0.1) is 6.92 Å². The molecule has 0 spiro atoms. The first-order valence-corrected chi connectivity index (χ1v) is 5.04. The standard InChI is InChI=1S/C11H16N2/c1-3-9-7-8(2)13-10-5-4-6-12-11(9)10/h7,12H,3-6H2,1-2H3. The van der Waals surface area contributed by atoms with E-state index in [2.05, 4.69) is 30.2 Å². The molecule has 0 radical (unpaired) electrons. The first-order valence-electron chi connectivity index (χ1n) is 5.04. The van der Waals surface area contributed by atoms with E-state index in [0.29, 0.717) is 0 Å². The number of hydrogen-bond donors (Lipinski definition) is 1. The molecule has 0 bridgehead atoms. The van der Waals surface area contributed by atoms with E-state index in [4.69, 9.17) is 0 Å². The Kier molecular flexibility index (Phi) is 2.21. The highest BCUT2D eigenvalue weighted by atomic mass is 14.9. The van der Waals surface area contributed by atoms with Crippen LogP contribution in [0.15, 0.2) is 6.07 Å². The van der Waals surface area contributed by atoms with Gasteiger partial charge in [0, 0.05) is 12.2 Å². The average molecular weight is 176 g/mol. The van der Waals surface area contributed by atoms with Crippen LogP contribution in [0.1, 0.15) is 30.3 Å². The highest BCUT2D eigenvalue weighted by Gasteiger charge is 2.13. The fourth-order valence-electron chi connectivity index (χ4n) is 1.96. The third kappa shape index (κ3) is 1.53. The minimum Gasteiger partial charge on any atom is -0.383 e. The van der Waals surface area contributed by atoms with Crippen molar-refractivity contribution in [2.24, 2.45) is 0 Å². The summed E-state index contributed by atoms with van der Waals surface area (Å²) in [7, 11) is 0. The topological polar surface area (TPSA) is 24.9 Å². The molecule has 0 amide bonds. The van der Waals surface area contributed by atoms with Crippen molar-refractivity contribution in [2.45, 2.75) is 33.1 Å². The zero-order valence-electron chi connectivity index (χ0n) is 8.35. The molecule has 2 rings (SSSR count). The summed E-state index contributed by atoms with van der Waals surface area (Å²) in [5, 5.41) is 3.45. The second kappa shape index (κ2) is 3.36. The zero-order valence-corrected chi connectivity index (χ0v) is 8.35. The fraction of sp³-hybridized carbons (Fsp3) is 0.545. The number of hydrogen-bond acceptors (Lipinski definition) is 2. The van der Waals surface area contributed by atoms with Crippen molar-refractivity contribution >= 4 is 5.69 Å². The molecule has 1 aliphatic rings. The summed E-state index contributed by atoms with van der Waals surface area (Å²) in [4.78, 5) is 4.56. The largest absolute Gasteiger partial charge is 0.383 e. The van der Waals surface area contributed by atoms with Gasteiger partial charge in [-0.3, -0.25) is 4.98 Å². The Morgan fingerprint density at radius 2 is 2.38 bits per heavy atom. The van der Waals surface area contributed by atoms with E-state index in [9.17, 15) is 0 Å². The molecule has 0 fully saturated rings. The third-order valence-electron chi connectivity index (χ3n) is 2.58. The highest BCUT2D eigenvalue weighted by Crippen LogP contribution is 2.25. The molecule has 0 aliphatic carbocycles. The Balaban J connectivity index is 2.50. The summed E-state index contributed by atoms with van der Waals surface area (Å²) in [5.41, 5.74) is 5.14. The second-order valence-corrected chi connectivity index (χ2v) is 3.63. The number of rotatable bonds is 1. The van der Waals surface area contributed by atoms with Crippen LogP contribution in [-0.2, 0) is 12.8 Å². The molecule has 2 nitrogen and oxygen atoms in total. The second-order valence-electron chi connectivity index (χ2n) is 3.63. The van der Waals surface area contributed by atoms with E-state index >= 15 is 0 Å². The van der Waals surface area contributed by atoms with E-state index in [1.54, 1.807) is 0 Å². The number of aryl methyl sites for hydroxylation is 3. The van der Waals surface area contributed by atoms with Gasteiger partial charge in [0.2, 0.25) is 0 Å². The molecule has 2 heterocycles. The van der Waals surface area contributed by atoms with Crippen LogP contribution in [0.5, 0.6) is 0 Å². The van der Waals surface area contributed by atoms with Crippen molar-refractivity contribution in [2.75, 3.05) is 11.9 Å². The molecule has 0 saturated heterocycles. The number of nitrogens with one attached hydrogen (secondary N) is 1. The maximum absolute atomic E-state index is 4.56. The predicted octanol–water partition coefficient (Wildman–Crippen LogP) is 2.31. The number of pyridine rings is 1. The van der Waals surface area contributed by atoms with Crippen LogP contribution in [0.25, 0.3) is 0 Å². The third-order valence-corrected chi connectivity index (χ3v) is 2.58. The monoisotopic (exact) mass is 176 g/mol. The first-order chi connectivity index (χ1) is 6.31. The van der Waals surface area contributed by atoms with E-state index in [1.165, 1.54) is 23.4 Å². The lowest BCUT2D eigenvalue weighted by atomic mass is 10.0. The van der Waals surface area contributed by atoms with Crippen molar-refractivity contribution in [3.8, 4) is 0 Å². The molecule has 2 heteroatoms. The number of anilines is 1. The Morgan fingerprint density at radius 1 is 1.54 bits per heavy atom. The van der Waals surface area contributed by atoms with Crippen molar-refractivity contribution in [3.63, 3.8) is 0 Å². The molecule has 1 N–H and O–H groups in total. The Hall–Kier alpha value is -1.05. The molecule has 0 saturated carbocycles. The average Bonchev–Trinajstić information content (AvgIpc) is 2.16. The van der Waals surface area contributed by atoms with Crippen molar-refractivity contribution in [3.05, 3.63) is 23.0 Å². The van der Waals surface area contributed by atoms with Gasteiger partial charge in [-0.05, 0) is 37.8 Å². The molecule has 1 aliphatic heterocycles. The summed E-state index contributed by atoms with van der Waals surface area (Å²) in [6.07, 6.45) is 3.45. The van der Waals surface area contributed by atoms with Crippen LogP contribution >= 0.6 is 0 Å². The number of nitrogens with zero attached hydrogens (tertiary/aromatic N) is 1. The van der Waals surface area contributed by atoms with Gasteiger partial charge in [0.15, 0.2) is 0 Å². The lowest BCUT2D eigenvalue weighted by Gasteiger charge is -2.20. The Bertz CT molecular complexity index is 301. The molecule has 1 aromatic rings. The Morgan fingerprint density at radius 3 is 3.15 bits per heavy atom. The summed E-state index contributed by atoms with van der Waals surface area (Å²) < 4.78 is 0. The molecular weight excluding hydrogens is 160 g/mol. The van der Waals surface area contributed by atoms with Crippen LogP contribution in [0.4, 0.5) is 5.69 Å². The van der Waals surface area contributed by atoms with Crippen LogP contribution < -0.4 is 5.32 Å². The summed E-state index contributed by atoms with van der Waals surface area (Å²) in [6.45, 7) is 5.38.